The lowest BCUT2D eigenvalue weighted by molar-refractivity contribution is 0.0526. The minimum Gasteiger partial charge on any atom is -0.476 e. The van der Waals surface area contributed by atoms with Crippen molar-refractivity contribution < 1.29 is 19.4 Å². The van der Waals surface area contributed by atoms with Gasteiger partial charge in [-0.05, 0) is 13.0 Å². The van der Waals surface area contributed by atoms with Crippen LogP contribution in [0.2, 0.25) is 0 Å². The molecule has 0 amide bonds. The van der Waals surface area contributed by atoms with Gasteiger partial charge in [0.1, 0.15) is 0 Å². The highest BCUT2D eigenvalue weighted by Gasteiger charge is 2.22. The van der Waals surface area contributed by atoms with Gasteiger partial charge in [0.25, 0.3) is 0 Å². The number of aromatic nitrogens is 2. The van der Waals surface area contributed by atoms with E-state index in [1.165, 1.54) is 6.20 Å². The van der Waals surface area contributed by atoms with Crippen LogP contribution in [-0.2, 0) is 4.74 Å². The summed E-state index contributed by atoms with van der Waals surface area (Å²) in [4.78, 5) is 30.9. The first kappa shape index (κ1) is 13.2. The third kappa shape index (κ3) is 2.76. The van der Waals surface area contributed by atoms with E-state index in [9.17, 15) is 9.59 Å². The number of carbonyl (C=O) groups excluding carboxylic acids is 1. The van der Waals surface area contributed by atoms with Crippen molar-refractivity contribution in [1.29, 1.82) is 0 Å². The first-order valence-corrected chi connectivity index (χ1v) is 6.26. The number of carboxylic acids is 1. The van der Waals surface area contributed by atoms with Gasteiger partial charge >= 0.3 is 11.9 Å². The monoisotopic (exact) mass is 278 g/mol. The van der Waals surface area contributed by atoms with Gasteiger partial charge in [-0.15, -0.1) is 11.3 Å². The fourth-order valence-corrected chi connectivity index (χ4v) is 2.38. The number of rotatable bonds is 4. The topological polar surface area (TPSA) is 89.4 Å². The number of aromatic carboxylic acids is 1. The Labute approximate surface area is 112 Å². The summed E-state index contributed by atoms with van der Waals surface area (Å²) in [7, 11) is 0. The van der Waals surface area contributed by atoms with E-state index in [0.29, 0.717) is 10.4 Å². The summed E-state index contributed by atoms with van der Waals surface area (Å²) in [5.41, 5.74) is 0.439. The fraction of sp³-hybridized carbons (Fsp3) is 0.167. The Morgan fingerprint density at radius 3 is 2.84 bits per heavy atom. The van der Waals surface area contributed by atoms with Crippen LogP contribution >= 0.6 is 11.3 Å². The average molecular weight is 278 g/mol. The standard InChI is InChI=1S/C12H10N2O4S/c1-2-18-12(17)10-14-8(11(15)16)9(19-10)7-4-3-5-13-6-7/h3-6H,2H2,1H3,(H,15,16). The summed E-state index contributed by atoms with van der Waals surface area (Å²) in [6.45, 7) is 1.88. The Morgan fingerprint density at radius 2 is 2.26 bits per heavy atom. The molecule has 2 rings (SSSR count). The zero-order valence-electron chi connectivity index (χ0n) is 9.99. The van der Waals surface area contributed by atoms with Crippen LogP contribution < -0.4 is 0 Å². The summed E-state index contributed by atoms with van der Waals surface area (Å²) < 4.78 is 4.81. The molecule has 0 saturated heterocycles. The number of esters is 1. The van der Waals surface area contributed by atoms with E-state index in [2.05, 4.69) is 9.97 Å². The van der Waals surface area contributed by atoms with Crippen LogP contribution in [0.5, 0.6) is 0 Å². The lowest BCUT2D eigenvalue weighted by atomic mass is 10.2. The predicted molar refractivity (Wildman–Crippen MR) is 68.3 cm³/mol. The molecular formula is C12H10N2O4S. The van der Waals surface area contributed by atoms with Gasteiger partial charge in [0, 0.05) is 18.0 Å². The number of thiazole rings is 1. The Hall–Kier alpha value is -2.28. The second-order valence-electron chi connectivity index (χ2n) is 3.46. The van der Waals surface area contributed by atoms with Crippen LogP contribution in [0, 0.1) is 0 Å². The maximum atomic E-state index is 11.6. The number of nitrogens with zero attached hydrogens (tertiary/aromatic N) is 2. The van der Waals surface area contributed by atoms with E-state index < -0.39 is 11.9 Å². The molecule has 7 heteroatoms. The molecule has 98 valence electrons. The lowest BCUT2D eigenvalue weighted by Gasteiger charge is -1.96. The molecule has 0 saturated carbocycles. The van der Waals surface area contributed by atoms with Gasteiger partial charge in [0.2, 0.25) is 5.01 Å². The van der Waals surface area contributed by atoms with Crippen molar-refractivity contribution in [3.05, 3.63) is 35.2 Å². The van der Waals surface area contributed by atoms with Gasteiger partial charge in [-0.2, -0.15) is 0 Å². The smallest absolute Gasteiger partial charge is 0.367 e. The van der Waals surface area contributed by atoms with Crippen LogP contribution in [0.15, 0.2) is 24.5 Å². The number of carboxylic acid groups (broad SMARTS) is 1. The second-order valence-corrected chi connectivity index (χ2v) is 4.46. The van der Waals surface area contributed by atoms with Crippen LogP contribution in [0.3, 0.4) is 0 Å². The van der Waals surface area contributed by atoms with Crippen molar-refractivity contribution in [1.82, 2.24) is 9.97 Å². The molecule has 2 heterocycles. The summed E-state index contributed by atoms with van der Waals surface area (Å²) in [6.07, 6.45) is 3.10. The third-order valence-electron chi connectivity index (χ3n) is 2.20. The van der Waals surface area contributed by atoms with Crippen LogP contribution in [0.4, 0.5) is 0 Å². The van der Waals surface area contributed by atoms with Gasteiger partial charge in [-0.1, -0.05) is 6.07 Å². The van der Waals surface area contributed by atoms with Crippen molar-refractivity contribution in [2.45, 2.75) is 6.92 Å². The zero-order chi connectivity index (χ0) is 13.8. The summed E-state index contributed by atoms with van der Waals surface area (Å²) in [5.74, 6) is -1.81. The molecule has 2 aromatic heterocycles. The number of hydrogen-bond donors (Lipinski definition) is 1. The molecule has 2 aromatic rings. The molecule has 0 aromatic carbocycles. The molecule has 19 heavy (non-hydrogen) atoms. The molecule has 0 spiro atoms. The molecule has 0 fully saturated rings. The van der Waals surface area contributed by atoms with Crippen molar-refractivity contribution in [3.63, 3.8) is 0 Å². The molecule has 0 aliphatic carbocycles. The van der Waals surface area contributed by atoms with Gasteiger partial charge in [0.15, 0.2) is 5.69 Å². The molecule has 0 bridgehead atoms. The minimum atomic E-state index is -1.19. The fourth-order valence-electron chi connectivity index (χ4n) is 1.44. The molecule has 0 aliphatic rings. The average Bonchev–Trinajstić information content (AvgIpc) is 2.85. The van der Waals surface area contributed by atoms with E-state index in [1.807, 2.05) is 0 Å². The van der Waals surface area contributed by atoms with Crippen LogP contribution in [0.1, 0.15) is 27.2 Å². The van der Waals surface area contributed by atoms with E-state index in [0.717, 1.165) is 11.3 Å². The summed E-state index contributed by atoms with van der Waals surface area (Å²) in [6, 6.07) is 3.40. The number of hydrogen-bond acceptors (Lipinski definition) is 6. The highest BCUT2D eigenvalue weighted by molar-refractivity contribution is 7.17. The van der Waals surface area contributed by atoms with Crippen molar-refractivity contribution in [3.8, 4) is 10.4 Å². The molecular weight excluding hydrogens is 268 g/mol. The zero-order valence-corrected chi connectivity index (χ0v) is 10.8. The molecule has 0 aliphatic heterocycles. The van der Waals surface area contributed by atoms with Gasteiger partial charge < -0.3 is 9.84 Å². The van der Waals surface area contributed by atoms with Crippen LogP contribution in [-0.4, -0.2) is 33.6 Å². The number of carbonyl (C=O) groups is 2. The summed E-state index contributed by atoms with van der Waals surface area (Å²) >= 11 is 0.982. The Bertz CT molecular complexity index is 609. The minimum absolute atomic E-state index is 0.0260. The molecule has 0 radical (unpaired) electrons. The van der Waals surface area contributed by atoms with E-state index in [1.54, 1.807) is 25.3 Å². The number of pyridine rings is 1. The Kier molecular flexibility index (Phi) is 3.86. The van der Waals surface area contributed by atoms with E-state index in [-0.39, 0.29) is 17.3 Å². The van der Waals surface area contributed by atoms with Gasteiger partial charge in [0.05, 0.1) is 11.5 Å². The molecule has 0 atom stereocenters. The largest absolute Gasteiger partial charge is 0.476 e. The maximum Gasteiger partial charge on any atom is 0.367 e. The first-order chi connectivity index (χ1) is 9.13. The SMILES string of the molecule is CCOC(=O)c1nc(C(=O)O)c(-c2cccnc2)s1. The van der Waals surface area contributed by atoms with E-state index >= 15 is 0 Å². The van der Waals surface area contributed by atoms with E-state index in [4.69, 9.17) is 9.84 Å². The predicted octanol–water partition coefficient (Wildman–Crippen LogP) is 2.08. The van der Waals surface area contributed by atoms with Crippen molar-refractivity contribution >= 4 is 23.3 Å². The van der Waals surface area contributed by atoms with Crippen LogP contribution in [0.25, 0.3) is 10.4 Å². The molecule has 6 nitrogen and oxygen atoms in total. The van der Waals surface area contributed by atoms with Crippen molar-refractivity contribution in [2.75, 3.05) is 6.61 Å². The molecule has 1 N–H and O–H groups in total. The van der Waals surface area contributed by atoms with Gasteiger partial charge in [-0.3, -0.25) is 4.98 Å². The first-order valence-electron chi connectivity index (χ1n) is 5.45. The second kappa shape index (κ2) is 5.57. The number of ether oxygens (including phenoxy) is 1. The lowest BCUT2D eigenvalue weighted by Crippen LogP contribution is -2.05. The normalized spacial score (nSPS) is 10.2. The Balaban J connectivity index is 2.48. The van der Waals surface area contributed by atoms with Crippen molar-refractivity contribution in [2.24, 2.45) is 0 Å². The Morgan fingerprint density at radius 1 is 1.47 bits per heavy atom. The highest BCUT2D eigenvalue weighted by Crippen LogP contribution is 2.30. The maximum absolute atomic E-state index is 11.6. The molecule has 0 unspecified atom stereocenters. The van der Waals surface area contributed by atoms with Gasteiger partial charge in [-0.25, -0.2) is 14.6 Å². The quantitative estimate of drug-likeness (QED) is 0.861. The third-order valence-corrected chi connectivity index (χ3v) is 3.29. The highest BCUT2D eigenvalue weighted by atomic mass is 32.1. The summed E-state index contributed by atoms with van der Waals surface area (Å²) in [5, 5.41) is 9.15.